The average molecular weight is 185 g/mol. The van der Waals surface area contributed by atoms with E-state index in [1.165, 1.54) is 6.33 Å². The number of nitrogens with one attached hydrogen (secondary N) is 2. The fourth-order valence-electron chi connectivity index (χ4n) is 0.785. The standard InChI is InChI=1S/C6H11N5O2/c1-10(2)3-5(12)9-11-4-7-8-6(11)13/h4H,3H2,1-2H3,(H,8,13)(H,9,12). The third-order valence-corrected chi connectivity index (χ3v) is 1.26. The van der Waals surface area contributed by atoms with E-state index in [2.05, 4.69) is 15.6 Å². The minimum atomic E-state index is -0.466. The lowest BCUT2D eigenvalue weighted by Crippen LogP contribution is -2.36. The van der Waals surface area contributed by atoms with Gasteiger partial charge in [0.25, 0.3) is 5.91 Å². The van der Waals surface area contributed by atoms with E-state index in [9.17, 15) is 9.59 Å². The van der Waals surface area contributed by atoms with Crippen molar-refractivity contribution < 1.29 is 4.79 Å². The zero-order chi connectivity index (χ0) is 9.84. The Kier molecular flexibility index (Phi) is 2.80. The van der Waals surface area contributed by atoms with Crippen LogP contribution in [-0.4, -0.2) is 46.3 Å². The Balaban J connectivity index is 2.55. The van der Waals surface area contributed by atoms with Crippen molar-refractivity contribution in [1.82, 2.24) is 19.8 Å². The van der Waals surface area contributed by atoms with Gasteiger partial charge in [0.05, 0.1) is 6.54 Å². The molecule has 1 heterocycles. The molecule has 0 fully saturated rings. The Hall–Kier alpha value is -1.63. The molecular formula is C6H11N5O2. The zero-order valence-electron chi connectivity index (χ0n) is 7.44. The minimum Gasteiger partial charge on any atom is -0.301 e. The number of hydrogen-bond donors (Lipinski definition) is 2. The fourth-order valence-corrected chi connectivity index (χ4v) is 0.785. The molecule has 0 atom stereocenters. The zero-order valence-corrected chi connectivity index (χ0v) is 7.44. The summed E-state index contributed by atoms with van der Waals surface area (Å²) in [7, 11) is 3.52. The predicted molar refractivity (Wildman–Crippen MR) is 45.8 cm³/mol. The summed E-state index contributed by atoms with van der Waals surface area (Å²) in [5, 5.41) is 5.61. The second kappa shape index (κ2) is 3.85. The SMILES string of the molecule is CN(C)CC(=O)Nn1cn[nH]c1=O. The number of carbonyl (C=O) groups excluding carboxylic acids is 1. The Morgan fingerprint density at radius 3 is 2.92 bits per heavy atom. The molecule has 7 nitrogen and oxygen atoms in total. The van der Waals surface area contributed by atoms with E-state index in [1.807, 2.05) is 0 Å². The number of hydrogen-bond acceptors (Lipinski definition) is 4. The van der Waals surface area contributed by atoms with E-state index in [0.717, 1.165) is 4.68 Å². The molecule has 0 unspecified atom stereocenters. The summed E-state index contributed by atoms with van der Waals surface area (Å²) in [5.74, 6) is -0.270. The van der Waals surface area contributed by atoms with Crippen molar-refractivity contribution in [3.05, 3.63) is 16.8 Å². The van der Waals surface area contributed by atoms with Crippen molar-refractivity contribution in [1.29, 1.82) is 0 Å². The number of rotatable bonds is 3. The molecule has 0 spiro atoms. The molecule has 0 aliphatic heterocycles. The van der Waals surface area contributed by atoms with Crippen LogP contribution in [0.2, 0.25) is 0 Å². The third-order valence-electron chi connectivity index (χ3n) is 1.26. The maximum absolute atomic E-state index is 11.1. The van der Waals surface area contributed by atoms with Crippen LogP contribution in [0.25, 0.3) is 0 Å². The first-order valence-corrected chi connectivity index (χ1v) is 3.66. The Bertz CT molecular complexity index is 339. The third kappa shape index (κ3) is 2.71. The van der Waals surface area contributed by atoms with Gasteiger partial charge in [0.1, 0.15) is 6.33 Å². The van der Waals surface area contributed by atoms with Gasteiger partial charge in [-0.25, -0.2) is 9.89 Å². The van der Waals surface area contributed by atoms with Gasteiger partial charge in [-0.05, 0) is 14.1 Å². The lowest BCUT2D eigenvalue weighted by molar-refractivity contribution is -0.117. The first kappa shape index (κ1) is 9.46. The molecular weight excluding hydrogens is 174 g/mol. The van der Waals surface area contributed by atoms with Crippen molar-refractivity contribution in [3.63, 3.8) is 0 Å². The van der Waals surface area contributed by atoms with Gasteiger partial charge in [-0.15, -0.1) is 0 Å². The molecule has 1 rings (SSSR count). The molecule has 13 heavy (non-hydrogen) atoms. The molecule has 0 aliphatic rings. The van der Waals surface area contributed by atoms with Crippen LogP contribution < -0.4 is 11.1 Å². The van der Waals surface area contributed by atoms with Crippen LogP contribution in [0.4, 0.5) is 0 Å². The Morgan fingerprint density at radius 1 is 1.77 bits per heavy atom. The molecule has 1 amide bonds. The highest BCUT2D eigenvalue weighted by molar-refractivity contribution is 5.85. The summed E-state index contributed by atoms with van der Waals surface area (Å²) in [6.07, 6.45) is 1.20. The molecule has 0 aliphatic carbocycles. The van der Waals surface area contributed by atoms with Crippen molar-refractivity contribution in [2.75, 3.05) is 26.1 Å². The van der Waals surface area contributed by atoms with Gasteiger partial charge < -0.3 is 4.90 Å². The number of carbonyl (C=O) groups is 1. The quantitative estimate of drug-likeness (QED) is 0.582. The molecule has 72 valence electrons. The lowest BCUT2D eigenvalue weighted by atomic mass is 10.6. The molecule has 0 saturated heterocycles. The van der Waals surface area contributed by atoms with Gasteiger partial charge in [0.2, 0.25) is 0 Å². The molecule has 0 radical (unpaired) electrons. The van der Waals surface area contributed by atoms with Crippen LogP contribution in [0.15, 0.2) is 11.1 Å². The Morgan fingerprint density at radius 2 is 2.46 bits per heavy atom. The smallest absolute Gasteiger partial charge is 0.301 e. The number of nitrogens with zero attached hydrogens (tertiary/aromatic N) is 3. The highest BCUT2D eigenvalue weighted by atomic mass is 16.2. The van der Waals surface area contributed by atoms with Crippen LogP contribution in [0, 0.1) is 0 Å². The average Bonchev–Trinajstić information content (AvgIpc) is 2.34. The number of aromatic nitrogens is 3. The van der Waals surface area contributed by atoms with Crippen LogP contribution >= 0.6 is 0 Å². The summed E-state index contributed by atoms with van der Waals surface area (Å²) < 4.78 is 0.992. The van der Waals surface area contributed by atoms with Crippen molar-refractivity contribution >= 4 is 5.91 Å². The second-order valence-electron chi connectivity index (χ2n) is 2.80. The van der Waals surface area contributed by atoms with Gasteiger partial charge in [-0.1, -0.05) is 0 Å². The Labute approximate surface area is 74.3 Å². The van der Waals surface area contributed by atoms with Crippen molar-refractivity contribution in [3.8, 4) is 0 Å². The molecule has 0 bridgehead atoms. The monoisotopic (exact) mass is 185 g/mol. The number of likely N-dealkylation sites (N-methyl/N-ethyl adjacent to an activating group) is 1. The van der Waals surface area contributed by atoms with Gasteiger partial charge >= 0.3 is 5.69 Å². The molecule has 7 heteroatoms. The second-order valence-corrected chi connectivity index (χ2v) is 2.80. The van der Waals surface area contributed by atoms with Gasteiger partial charge in [0, 0.05) is 0 Å². The molecule has 1 aromatic heterocycles. The van der Waals surface area contributed by atoms with Crippen LogP contribution in [0.3, 0.4) is 0 Å². The number of amides is 1. The first-order valence-electron chi connectivity index (χ1n) is 3.66. The highest BCUT2D eigenvalue weighted by Crippen LogP contribution is 1.76. The van der Waals surface area contributed by atoms with Gasteiger partial charge in [-0.2, -0.15) is 9.77 Å². The first-order chi connectivity index (χ1) is 6.09. The summed E-state index contributed by atoms with van der Waals surface area (Å²) in [6.45, 7) is 0.220. The largest absolute Gasteiger partial charge is 0.362 e. The topological polar surface area (TPSA) is 83.0 Å². The van der Waals surface area contributed by atoms with Gasteiger partial charge in [-0.3, -0.25) is 10.2 Å². The highest BCUT2D eigenvalue weighted by Gasteiger charge is 2.04. The van der Waals surface area contributed by atoms with E-state index in [-0.39, 0.29) is 12.5 Å². The van der Waals surface area contributed by atoms with E-state index in [4.69, 9.17) is 0 Å². The molecule has 2 N–H and O–H groups in total. The van der Waals surface area contributed by atoms with Crippen LogP contribution in [-0.2, 0) is 4.79 Å². The van der Waals surface area contributed by atoms with Gasteiger partial charge in [0.15, 0.2) is 0 Å². The van der Waals surface area contributed by atoms with E-state index >= 15 is 0 Å². The minimum absolute atomic E-state index is 0.220. The molecule has 1 aromatic rings. The van der Waals surface area contributed by atoms with E-state index < -0.39 is 5.69 Å². The summed E-state index contributed by atoms with van der Waals surface area (Å²) in [6, 6.07) is 0. The maximum atomic E-state index is 11.1. The summed E-state index contributed by atoms with van der Waals surface area (Å²) in [4.78, 5) is 23.7. The summed E-state index contributed by atoms with van der Waals surface area (Å²) >= 11 is 0. The lowest BCUT2D eigenvalue weighted by Gasteiger charge is -2.08. The van der Waals surface area contributed by atoms with Crippen LogP contribution in [0.1, 0.15) is 0 Å². The fraction of sp³-hybridized carbons (Fsp3) is 0.500. The van der Waals surface area contributed by atoms with E-state index in [1.54, 1.807) is 19.0 Å². The maximum Gasteiger partial charge on any atom is 0.362 e. The normalized spacial score (nSPS) is 10.4. The molecule has 0 aromatic carbocycles. The number of H-pyrrole nitrogens is 1. The van der Waals surface area contributed by atoms with Crippen LogP contribution in [0.5, 0.6) is 0 Å². The summed E-state index contributed by atoms with van der Waals surface area (Å²) in [5.41, 5.74) is 1.89. The van der Waals surface area contributed by atoms with Crippen molar-refractivity contribution in [2.24, 2.45) is 0 Å². The van der Waals surface area contributed by atoms with E-state index in [0.29, 0.717) is 0 Å². The predicted octanol–water partition coefficient (Wildman–Crippen LogP) is -1.80. The van der Waals surface area contributed by atoms with Crippen molar-refractivity contribution in [2.45, 2.75) is 0 Å². The molecule has 0 saturated carbocycles. The number of aromatic amines is 1.